The van der Waals surface area contributed by atoms with Gasteiger partial charge in [0.15, 0.2) is 0 Å². The summed E-state index contributed by atoms with van der Waals surface area (Å²) in [5.41, 5.74) is 2.08. The molecule has 0 aliphatic carbocycles. The molecule has 2 heteroatoms. The highest BCUT2D eigenvalue weighted by molar-refractivity contribution is 5.94. The van der Waals surface area contributed by atoms with Crippen molar-refractivity contribution in [1.29, 1.82) is 0 Å². The molecule has 1 N–H and O–H groups in total. The molecule has 0 radical (unpaired) electrons. The van der Waals surface area contributed by atoms with Gasteiger partial charge >= 0.3 is 0 Å². The van der Waals surface area contributed by atoms with Crippen molar-refractivity contribution in [2.24, 2.45) is 0 Å². The molecule has 1 aromatic carbocycles. The number of hydrogen-bond donors (Lipinski definition) is 1. The van der Waals surface area contributed by atoms with E-state index in [1.165, 1.54) is 31.2 Å². The highest BCUT2D eigenvalue weighted by Crippen LogP contribution is 2.09. The van der Waals surface area contributed by atoms with Gasteiger partial charge in [0.25, 0.3) is 5.91 Å². The van der Waals surface area contributed by atoms with Gasteiger partial charge in [-0.25, -0.2) is 0 Å². The third-order valence-corrected chi connectivity index (χ3v) is 2.87. The molecule has 2 nitrogen and oxygen atoms in total. The summed E-state index contributed by atoms with van der Waals surface area (Å²) in [7, 11) is 0. The fourth-order valence-electron chi connectivity index (χ4n) is 1.84. The molecule has 0 heterocycles. The summed E-state index contributed by atoms with van der Waals surface area (Å²) >= 11 is 0. The van der Waals surface area contributed by atoms with Crippen LogP contribution < -0.4 is 5.32 Å². The predicted molar refractivity (Wildman–Crippen MR) is 72.3 cm³/mol. The van der Waals surface area contributed by atoms with E-state index in [-0.39, 0.29) is 5.91 Å². The second-order valence-electron chi connectivity index (χ2n) is 4.37. The molecule has 0 unspecified atom stereocenters. The zero-order valence-electron chi connectivity index (χ0n) is 11.0. The normalized spacial score (nSPS) is 10.2. The zero-order chi connectivity index (χ0) is 12.5. The standard InChI is InChI=1S/C15H23NO/c1-3-5-6-7-8-13-9-11-14(12-10-13)15(17)16-4-2/h9-12H,3-8H2,1-2H3,(H,16,17). The topological polar surface area (TPSA) is 29.1 Å². The molecule has 0 fully saturated rings. The SMILES string of the molecule is CCCCCCc1ccc(C(=O)NCC)cc1. The maximum absolute atomic E-state index is 11.5. The van der Waals surface area contributed by atoms with Gasteiger partial charge in [-0.15, -0.1) is 0 Å². The molecule has 1 aromatic rings. The summed E-state index contributed by atoms with van der Waals surface area (Å²) in [6, 6.07) is 7.97. The largest absolute Gasteiger partial charge is 0.352 e. The molecule has 0 aliphatic heterocycles. The van der Waals surface area contributed by atoms with E-state index in [0.29, 0.717) is 6.54 Å². The van der Waals surface area contributed by atoms with Crippen molar-refractivity contribution in [3.63, 3.8) is 0 Å². The number of nitrogens with one attached hydrogen (secondary N) is 1. The van der Waals surface area contributed by atoms with Crippen LogP contribution >= 0.6 is 0 Å². The van der Waals surface area contributed by atoms with Crippen LogP contribution in [0.25, 0.3) is 0 Å². The molecule has 0 saturated heterocycles. The van der Waals surface area contributed by atoms with E-state index < -0.39 is 0 Å². The predicted octanol–water partition coefficient (Wildman–Crippen LogP) is 3.56. The van der Waals surface area contributed by atoms with Gasteiger partial charge in [-0.3, -0.25) is 4.79 Å². The van der Waals surface area contributed by atoms with Crippen molar-refractivity contribution < 1.29 is 4.79 Å². The Morgan fingerprint density at radius 3 is 2.35 bits per heavy atom. The number of hydrogen-bond acceptors (Lipinski definition) is 1. The van der Waals surface area contributed by atoms with E-state index in [0.717, 1.165) is 12.0 Å². The van der Waals surface area contributed by atoms with Crippen LogP contribution in [0.1, 0.15) is 55.5 Å². The van der Waals surface area contributed by atoms with Crippen molar-refractivity contribution in [2.45, 2.75) is 46.0 Å². The highest BCUT2D eigenvalue weighted by Gasteiger charge is 2.03. The summed E-state index contributed by atoms with van der Waals surface area (Å²) in [5.74, 6) is 0.0185. The fraction of sp³-hybridized carbons (Fsp3) is 0.533. The van der Waals surface area contributed by atoms with E-state index in [9.17, 15) is 4.79 Å². The number of amides is 1. The van der Waals surface area contributed by atoms with Gasteiger partial charge in [0.1, 0.15) is 0 Å². The Morgan fingerprint density at radius 2 is 1.76 bits per heavy atom. The lowest BCUT2D eigenvalue weighted by Gasteiger charge is -2.04. The van der Waals surface area contributed by atoms with Crippen molar-refractivity contribution in [3.05, 3.63) is 35.4 Å². The van der Waals surface area contributed by atoms with Crippen LogP contribution in [-0.2, 0) is 6.42 Å². The Kier molecular flexibility index (Phi) is 6.38. The fourth-order valence-corrected chi connectivity index (χ4v) is 1.84. The van der Waals surface area contributed by atoms with Crippen molar-refractivity contribution in [2.75, 3.05) is 6.54 Å². The summed E-state index contributed by atoms with van der Waals surface area (Å²) in [6.45, 7) is 4.83. The van der Waals surface area contributed by atoms with E-state index in [1.54, 1.807) is 0 Å². The van der Waals surface area contributed by atoms with E-state index in [1.807, 2.05) is 19.1 Å². The van der Waals surface area contributed by atoms with Crippen LogP contribution in [0.3, 0.4) is 0 Å². The number of benzene rings is 1. The number of carbonyl (C=O) groups excluding carboxylic acids is 1. The second kappa shape index (κ2) is 7.88. The molecular weight excluding hydrogens is 210 g/mol. The van der Waals surface area contributed by atoms with Crippen molar-refractivity contribution in [1.82, 2.24) is 5.32 Å². The van der Waals surface area contributed by atoms with Gasteiger partial charge in [-0.1, -0.05) is 38.3 Å². The summed E-state index contributed by atoms with van der Waals surface area (Å²) in [4.78, 5) is 11.5. The Bertz CT molecular complexity index is 329. The van der Waals surface area contributed by atoms with Crippen molar-refractivity contribution >= 4 is 5.91 Å². The van der Waals surface area contributed by atoms with Crippen LogP contribution in [0.2, 0.25) is 0 Å². The first-order chi connectivity index (χ1) is 8.27. The molecule has 1 amide bonds. The van der Waals surface area contributed by atoms with Gasteiger partial charge in [-0.2, -0.15) is 0 Å². The minimum absolute atomic E-state index is 0.0185. The number of carbonyl (C=O) groups is 1. The van der Waals surface area contributed by atoms with Crippen LogP contribution in [0.4, 0.5) is 0 Å². The Hall–Kier alpha value is -1.31. The first-order valence-corrected chi connectivity index (χ1v) is 6.65. The van der Waals surface area contributed by atoms with Crippen molar-refractivity contribution in [3.8, 4) is 0 Å². The van der Waals surface area contributed by atoms with Gasteiger partial charge in [0.2, 0.25) is 0 Å². The van der Waals surface area contributed by atoms with Crippen LogP contribution in [-0.4, -0.2) is 12.5 Å². The molecule has 94 valence electrons. The zero-order valence-corrected chi connectivity index (χ0v) is 11.0. The lowest BCUT2D eigenvalue weighted by Crippen LogP contribution is -2.22. The summed E-state index contributed by atoms with van der Waals surface area (Å²) < 4.78 is 0. The van der Waals surface area contributed by atoms with Crippen LogP contribution in [0.5, 0.6) is 0 Å². The molecule has 0 saturated carbocycles. The Labute approximate surface area is 104 Å². The lowest BCUT2D eigenvalue weighted by atomic mass is 10.0. The Balaban J connectivity index is 2.42. The first-order valence-electron chi connectivity index (χ1n) is 6.65. The van der Waals surface area contributed by atoms with Crippen LogP contribution in [0, 0.1) is 0 Å². The molecule has 1 rings (SSSR count). The van der Waals surface area contributed by atoms with Gasteiger partial charge < -0.3 is 5.32 Å². The summed E-state index contributed by atoms with van der Waals surface area (Å²) in [5, 5.41) is 2.80. The minimum Gasteiger partial charge on any atom is -0.352 e. The average Bonchev–Trinajstić information content (AvgIpc) is 2.36. The maximum Gasteiger partial charge on any atom is 0.251 e. The number of aryl methyl sites for hydroxylation is 1. The molecule has 0 atom stereocenters. The minimum atomic E-state index is 0.0185. The third kappa shape index (κ3) is 5.03. The lowest BCUT2D eigenvalue weighted by molar-refractivity contribution is 0.0956. The first kappa shape index (κ1) is 13.8. The Morgan fingerprint density at radius 1 is 1.06 bits per heavy atom. The van der Waals surface area contributed by atoms with E-state index in [2.05, 4.69) is 24.4 Å². The molecule has 17 heavy (non-hydrogen) atoms. The molecule has 0 spiro atoms. The smallest absolute Gasteiger partial charge is 0.251 e. The summed E-state index contributed by atoms with van der Waals surface area (Å²) in [6.07, 6.45) is 6.26. The number of unbranched alkanes of at least 4 members (excludes halogenated alkanes) is 3. The molecule has 0 bridgehead atoms. The number of rotatable bonds is 7. The van der Waals surface area contributed by atoms with Gasteiger partial charge in [0.05, 0.1) is 0 Å². The molecule has 0 aromatic heterocycles. The quantitative estimate of drug-likeness (QED) is 0.717. The molecule has 0 aliphatic rings. The average molecular weight is 233 g/mol. The van der Waals surface area contributed by atoms with E-state index >= 15 is 0 Å². The van der Waals surface area contributed by atoms with Crippen LogP contribution in [0.15, 0.2) is 24.3 Å². The third-order valence-electron chi connectivity index (χ3n) is 2.87. The second-order valence-corrected chi connectivity index (χ2v) is 4.37. The highest BCUT2D eigenvalue weighted by atomic mass is 16.1. The maximum atomic E-state index is 11.5. The van der Waals surface area contributed by atoms with E-state index in [4.69, 9.17) is 0 Å². The monoisotopic (exact) mass is 233 g/mol. The molecular formula is C15H23NO. The van der Waals surface area contributed by atoms with Gasteiger partial charge in [0, 0.05) is 12.1 Å². The van der Waals surface area contributed by atoms with Gasteiger partial charge in [-0.05, 0) is 37.5 Å².